The van der Waals surface area contributed by atoms with Crippen LogP contribution in [0.5, 0.6) is 0 Å². The molecule has 3 N–H and O–H groups in total. The molecule has 0 saturated carbocycles. The van der Waals surface area contributed by atoms with E-state index in [4.69, 9.17) is 5.73 Å². The van der Waals surface area contributed by atoms with Gasteiger partial charge in [-0.05, 0) is 25.5 Å². The Morgan fingerprint density at radius 3 is 2.95 bits per heavy atom. The third-order valence-electron chi connectivity index (χ3n) is 3.52. The monoisotopic (exact) mass is 271 g/mol. The lowest BCUT2D eigenvalue weighted by molar-refractivity contribution is -0.116. The Morgan fingerprint density at radius 1 is 1.45 bits per heavy atom. The Balaban J connectivity index is 2.03. The van der Waals surface area contributed by atoms with E-state index in [9.17, 15) is 4.79 Å². The van der Waals surface area contributed by atoms with Crippen LogP contribution in [0.25, 0.3) is 0 Å². The van der Waals surface area contributed by atoms with E-state index < -0.39 is 0 Å². The summed E-state index contributed by atoms with van der Waals surface area (Å²) in [6, 6.07) is 3.98. The Kier molecular flexibility index (Phi) is 2.93. The molecule has 20 heavy (non-hydrogen) atoms. The number of amides is 1. The highest BCUT2D eigenvalue weighted by Crippen LogP contribution is 2.36. The Hall–Kier alpha value is -2.37. The van der Waals surface area contributed by atoms with E-state index in [1.54, 1.807) is 6.07 Å². The second kappa shape index (κ2) is 4.63. The molecule has 0 radical (unpaired) electrons. The fourth-order valence-electron chi connectivity index (χ4n) is 2.46. The second-order valence-corrected chi connectivity index (χ2v) is 5.33. The molecule has 6 heteroatoms. The van der Waals surface area contributed by atoms with Crippen LogP contribution in [0, 0.1) is 0 Å². The van der Waals surface area contributed by atoms with Crippen molar-refractivity contribution in [3.8, 4) is 0 Å². The van der Waals surface area contributed by atoms with Crippen molar-refractivity contribution < 1.29 is 4.79 Å². The molecule has 0 bridgehead atoms. The van der Waals surface area contributed by atoms with Crippen molar-refractivity contribution in [3.05, 3.63) is 35.7 Å². The molecule has 1 aliphatic heterocycles. The van der Waals surface area contributed by atoms with Crippen LogP contribution in [0.1, 0.15) is 43.4 Å². The van der Waals surface area contributed by atoms with Crippen LogP contribution in [-0.4, -0.2) is 20.7 Å². The summed E-state index contributed by atoms with van der Waals surface area (Å²) in [7, 11) is 0. The first-order chi connectivity index (χ1) is 9.54. The molecule has 0 aromatic carbocycles. The van der Waals surface area contributed by atoms with Crippen molar-refractivity contribution in [2.24, 2.45) is 0 Å². The van der Waals surface area contributed by atoms with Gasteiger partial charge in [0.1, 0.15) is 11.6 Å². The lowest BCUT2D eigenvalue weighted by atomic mass is 9.88. The molecule has 6 nitrogen and oxygen atoms in total. The molecule has 0 fully saturated rings. The van der Waals surface area contributed by atoms with Crippen LogP contribution in [0.3, 0.4) is 0 Å². The minimum Gasteiger partial charge on any atom is -0.384 e. The predicted molar refractivity (Wildman–Crippen MR) is 76.4 cm³/mol. The van der Waals surface area contributed by atoms with Crippen molar-refractivity contribution >= 4 is 17.5 Å². The number of nitrogens with two attached hydrogens (primary N) is 1. The van der Waals surface area contributed by atoms with Gasteiger partial charge in [-0.1, -0.05) is 6.07 Å². The van der Waals surface area contributed by atoms with Gasteiger partial charge >= 0.3 is 0 Å². The topological polar surface area (TPSA) is 85.8 Å². The highest BCUT2D eigenvalue weighted by atomic mass is 16.1. The highest BCUT2D eigenvalue weighted by Gasteiger charge is 2.28. The van der Waals surface area contributed by atoms with Crippen LogP contribution < -0.4 is 11.1 Å². The first-order valence-electron chi connectivity index (χ1n) is 6.65. The number of nitrogens with zero attached hydrogens (tertiary/aromatic N) is 3. The van der Waals surface area contributed by atoms with Gasteiger partial charge in [0.25, 0.3) is 0 Å². The Morgan fingerprint density at radius 2 is 2.25 bits per heavy atom. The molecule has 1 atom stereocenters. The van der Waals surface area contributed by atoms with E-state index in [1.165, 1.54) is 0 Å². The van der Waals surface area contributed by atoms with Crippen LogP contribution in [0.4, 0.5) is 11.6 Å². The van der Waals surface area contributed by atoms with Crippen molar-refractivity contribution in [1.29, 1.82) is 0 Å². The number of hydrogen-bond acceptors (Lipinski definition) is 4. The van der Waals surface area contributed by atoms with Gasteiger partial charge in [-0.15, -0.1) is 0 Å². The first kappa shape index (κ1) is 12.7. The molecule has 3 rings (SSSR count). The molecular formula is C14H17N5O. The predicted octanol–water partition coefficient (Wildman–Crippen LogP) is 1.92. The molecule has 1 amide bonds. The number of carbonyl (C=O) groups is 1. The molecule has 3 heterocycles. The molecule has 1 unspecified atom stereocenters. The lowest BCUT2D eigenvalue weighted by Crippen LogP contribution is -2.24. The molecule has 0 spiro atoms. The summed E-state index contributed by atoms with van der Waals surface area (Å²) in [4.78, 5) is 16.0. The number of carbonyl (C=O) groups excluding carboxylic acids is 1. The van der Waals surface area contributed by atoms with Gasteiger partial charge in [0, 0.05) is 30.1 Å². The van der Waals surface area contributed by atoms with Gasteiger partial charge < -0.3 is 11.1 Å². The zero-order valence-electron chi connectivity index (χ0n) is 11.5. The third-order valence-corrected chi connectivity index (χ3v) is 3.52. The minimum absolute atomic E-state index is 0.0145. The largest absolute Gasteiger partial charge is 0.384 e. The number of nitrogen functional groups attached to an aromatic ring is 1. The maximum Gasteiger partial charge on any atom is 0.226 e. The van der Waals surface area contributed by atoms with Crippen LogP contribution in [-0.2, 0) is 4.79 Å². The number of rotatable bonds is 2. The van der Waals surface area contributed by atoms with Gasteiger partial charge in [-0.3, -0.25) is 9.48 Å². The molecule has 104 valence electrons. The maximum absolute atomic E-state index is 11.8. The van der Waals surface area contributed by atoms with E-state index in [-0.39, 0.29) is 11.8 Å². The fraction of sp³-hybridized carbons (Fsp3) is 0.357. The first-order valence-corrected chi connectivity index (χ1v) is 6.65. The van der Waals surface area contributed by atoms with Crippen LogP contribution in [0.2, 0.25) is 0 Å². The summed E-state index contributed by atoms with van der Waals surface area (Å²) >= 11 is 0. The van der Waals surface area contributed by atoms with Crippen molar-refractivity contribution in [2.75, 3.05) is 11.1 Å². The Bertz CT molecular complexity index is 661. The molecule has 0 saturated heterocycles. The summed E-state index contributed by atoms with van der Waals surface area (Å²) in [5.74, 6) is 0.906. The normalized spacial score (nSPS) is 17.9. The zero-order valence-corrected chi connectivity index (χ0v) is 11.5. The third kappa shape index (κ3) is 2.13. The van der Waals surface area contributed by atoms with E-state index in [0.717, 1.165) is 11.1 Å². The van der Waals surface area contributed by atoms with Gasteiger partial charge in [0.2, 0.25) is 5.91 Å². The summed E-state index contributed by atoms with van der Waals surface area (Å²) < 4.78 is 1.90. The van der Waals surface area contributed by atoms with Crippen molar-refractivity contribution in [2.45, 2.75) is 32.2 Å². The summed E-state index contributed by atoms with van der Waals surface area (Å²) in [6.45, 7) is 4.14. The van der Waals surface area contributed by atoms with Crippen LogP contribution in [0.15, 0.2) is 24.5 Å². The van der Waals surface area contributed by atoms with Crippen molar-refractivity contribution in [3.63, 3.8) is 0 Å². The number of pyridine rings is 1. The van der Waals surface area contributed by atoms with Crippen molar-refractivity contribution in [1.82, 2.24) is 14.8 Å². The maximum atomic E-state index is 11.8. The summed E-state index contributed by atoms with van der Waals surface area (Å²) in [5.41, 5.74) is 7.69. The van der Waals surface area contributed by atoms with Gasteiger partial charge in [0.05, 0.1) is 6.20 Å². The van der Waals surface area contributed by atoms with Gasteiger partial charge in [-0.2, -0.15) is 5.10 Å². The molecule has 2 aromatic heterocycles. The average molecular weight is 271 g/mol. The van der Waals surface area contributed by atoms with Gasteiger partial charge in [-0.25, -0.2) is 4.98 Å². The Labute approximate surface area is 117 Å². The quantitative estimate of drug-likeness (QED) is 0.873. The second-order valence-electron chi connectivity index (χ2n) is 5.33. The SMILES string of the molecule is CC(C)n1cc(C2CC(=O)Nc3nc(N)ccc32)cn1. The van der Waals surface area contributed by atoms with Crippen LogP contribution >= 0.6 is 0 Å². The number of fused-ring (bicyclic) bond motifs is 1. The fourth-order valence-corrected chi connectivity index (χ4v) is 2.46. The number of anilines is 2. The van der Waals surface area contributed by atoms with E-state index in [1.807, 2.05) is 23.1 Å². The number of aromatic nitrogens is 3. The average Bonchev–Trinajstić information content (AvgIpc) is 2.86. The summed E-state index contributed by atoms with van der Waals surface area (Å²) in [5, 5.41) is 7.12. The minimum atomic E-state index is -0.0436. The lowest BCUT2D eigenvalue weighted by Gasteiger charge is -2.24. The molecule has 1 aliphatic rings. The highest BCUT2D eigenvalue weighted by molar-refractivity contribution is 5.94. The molecule has 2 aromatic rings. The molecule has 0 aliphatic carbocycles. The summed E-state index contributed by atoms with van der Waals surface area (Å²) in [6.07, 6.45) is 4.22. The number of nitrogens with one attached hydrogen (secondary N) is 1. The van der Waals surface area contributed by atoms with E-state index in [0.29, 0.717) is 24.1 Å². The standard InChI is InChI=1S/C14H17N5O/c1-8(2)19-7-9(6-16-19)11-5-13(20)18-14-10(11)3-4-12(15)17-14/h3-4,6-8,11H,5H2,1-2H3,(H3,15,17,18,20). The molecular weight excluding hydrogens is 254 g/mol. The zero-order chi connectivity index (χ0) is 14.3. The van der Waals surface area contributed by atoms with E-state index >= 15 is 0 Å². The van der Waals surface area contributed by atoms with E-state index in [2.05, 4.69) is 29.2 Å². The van der Waals surface area contributed by atoms with Gasteiger partial charge in [0.15, 0.2) is 0 Å². The number of hydrogen-bond donors (Lipinski definition) is 2. The smallest absolute Gasteiger partial charge is 0.226 e.